The van der Waals surface area contributed by atoms with E-state index in [-0.39, 0.29) is 11.7 Å². The highest BCUT2D eigenvalue weighted by molar-refractivity contribution is 5.95. The molecule has 1 unspecified atom stereocenters. The normalized spacial score (nSPS) is 15.3. The predicted molar refractivity (Wildman–Crippen MR) is 92.8 cm³/mol. The number of rotatable bonds is 3. The topological polar surface area (TPSA) is 51.2 Å². The molecule has 0 saturated carbocycles. The first-order valence-electron chi connectivity index (χ1n) is 7.97. The van der Waals surface area contributed by atoms with Crippen molar-refractivity contribution in [3.05, 3.63) is 78.2 Å². The van der Waals surface area contributed by atoms with Crippen molar-refractivity contribution in [2.75, 3.05) is 5.32 Å². The van der Waals surface area contributed by atoms with Gasteiger partial charge >= 0.3 is 0 Å². The van der Waals surface area contributed by atoms with E-state index >= 15 is 0 Å². The maximum Gasteiger partial charge on any atom is 0.265 e. The molecule has 25 heavy (non-hydrogen) atoms. The number of anilines is 1. The average molecular weight is 334 g/mol. The van der Waals surface area contributed by atoms with Gasteiger partial charge in [-0.2, -0.15) is 0 Å². The molecule has 1 aliphatic heterocycles. The van der Waals surface area contributed by atoms with Gasteiger partial charge in [-0.3, -0.25) is 4.79 Å². The highest BCUT2D eigenvalue weighted by Gasteiger charge is 2.32. The van der Waals surface area contributed by atoms with Crippen LogP contribution in [0.15, 0.2) is 66.9 Å². The van der Waals surface area contributed by atoms with Gasteiger partial charge in [0.15, 0.2) is 6.10 Å². The number of pyridine rings is 1. The van der Waals surface area contributed by atoms with Crippen molar-refractivity contribution < 1.29 is 13.9 Å². The molecule has 1 aliphatic rings. The van der Waals surface area contributed by atoms with Crippen LogP contribution in [0, 0.1) is 5.82 Å². The van der Waals surface area contributed by atoms with Crippen LogP contribution in [0.3, 0.4) is 0 Å². The molecule has 4 nitrogen and oxygen atoms in total. The van der Waals surface area contributed by atoms with Crippen LogP contribution in [0.25, 0.3) is 11.1 Å². The Kier molecular flexibility index (Phi) is 3.90. The first kappa shape index (κ1) is 15.3. The smallest absolute Gasteiger partial charge is 0.265 e. The molecule has 0 bridgehead atoms. The van der Waals surface area contributed by atoms with Crippen LogP contribution in [0.1, 0.15) is 5.56 Å². The minimum absolute atomic E-state index is 0.227. The highest BCUT2D eigenvalue weighted by atomic mass is 19.1. The second-order valence-electron chi connectivity index (χ2n) is 5.82. The Morgan fingerprint density at radius 1 is 1.12 bits per heavy atom. The van der Waals surface area contributed by atoms with Crippen LogP contribution in [0.2, 0.25) is 0 Å². The van der Waals surface area contributed by atoms with Crippen LogP contribution >= 0.6 is 0 Å². The van der Waals surface area contributed by atoms with Crippen molar-refractivity contribution in [3.63, 3.8) is 0 Å². The second kappa shape index (κ2) is 6.36. The molecule has 0 aliphatic carbocycles. The lowest BCUT2D eigenvalue weighted by molar-refractivity contribution is -0.122. The molecule has 0 spiro atoms. The number of amides is 1. The fourth-order valence-corrected chi connectivity index (χ4v) is 2.95. The first-order chi connectivity index (χ1) is 12.2. The summed E-state index contributed by atoms with van der Waals surface area (Å²) in [5, 5.41) is 2.84. The minimum atomic E-state index is -0.655. The maximum atomic E-state index is 13.5. The molecular formula is C20H15FN2O2. The van der Waals surface area contributed by atoms with Crippen LogP contribution < -0.4 is 10.1 Å². The van der Waals surface area contributed by atoms with Crippen LogP contribution in [0.4, 0.5) is 10.1 Å². The number of carbonyl (C=O) groups excluding carboxylic acids is 1. The van der Waals surface area contributed by atoms with E-state index in [1.807, 2.05) is 42.5 Å². The number of aromatic nitrogens is 1. The molecule has 0 saturated heterocycles. The van der Waals surface area contributed by atoms with Crippen LogP contribution in [-0.2, 0) is 11.2 Å². The number of halogens is 1. The number of hydrogen-bond donors (Lipinski definition) is 1. The zero-order valence-electron chi connectivity index (χ0n) is 13.3. The summed E-state index contributed by atoms with van der Waals surface area (Å²) in [6.07, 6.45) is 1.35. The van der Waals surface area contributed by atoms with E-state index < -0.39 is 6.10 Å². The summed E-state index contributed by atoms with van der Waals surface area (Å²) in [5.41, 5.74) is 3.11. The first-order valence-corrected chi connectivity index (χ1v) is 7.97. The van der Waals surface area contributed by atoms with E-state index in [2.05, 4.69) is 10.3 Å². The fourth-order valence-electron chi connectivity index (χ4n) is 2.95. The number of fused-ring (bicyclic) bond motifs is 1. The lowest BCUT2D eigenvalue weighted by atomic mass is 9.98. The Morgan fingerprint density at radius 3 is 2.76 bits per heavy atom. The Bertz CT molecular complexity index is 928. The monoisotopic (exact) mass is 334 g/mol. The summed E-state index contributed by atoms with van der Waals surface area (Å²) < 4.78 is 19.3. The van der Waals surface area contributed by atoms with Gasteiger partial charge in [0.2, 0.25) is 5.88 Å². The number of nitrogens with zero attached hydrogens (tertiary/aromatic N) is 1. The standard InChI is InChI=1S/C20H15FN2O2/c21-14-6-4-5-13(11-14)16-9-10-22-20-17(16)12-18(25-20)19(24)23-15-7-2-1-3-8-15/h1-11,18H,12H2,(H,23,24). The summed E-state index contributed by atoms with van der Waals surface area (Å²) in [7, 11) is 0. The molecule has 124 valence electrons. The quantitative estimate of drug-likeness (QED) is 0.792. The van der Waals surface area contributed by atoms with Crippen molar-refractivity contribution >= 4 is 11.6 Å². The number of hydrogen-bond acceptors (Lipinski definition) is 3. The van der Waals surface area contributed by atoms with E-state index in [4.69, 9.17) is 4.74 Å². The molecular weight excluding hydrogens is 319 g/mol. The summed E-state index contributed by atoms with van der Waals surface area (Å²) >= 11 is 0. The molecule has 1 N–H and O–H groups in total. The third kappa shape index (κ3) is 3.08. The molecule has 0 fully saturated rings. The van der Waals surface area contributed by atoms with E-state index in [0.717, 1.165) is 16.7 Å². The molecule has 5 heteroatoms. The molecule has 1 aromatic heterocycles. The molecule has 0 radical (unpaired) electrons. The molecule has 2 heterocycles. The van der Waals surface area contributed by atoms with E-state index in [9.17, 15) is 9.18 Å². The van der Waals surface area contributed by atoms with Gasteiger partial charge in [0.1, 0.15) is 5.82 Å². The van der Waals surface area contributed by atoms with E-state index in [1.165, 1.54) is 12.1 Å². The van der Waals surface area contributed by atoms with Gasteiger partial charge in [0.25, 0.3) is 5.91 Å². The third-order valence-corrected chi connectivity index (χ3v) is 4.13. The number of benzene rings is 2. The largest absolute Gasteiger partial charge is 0.464 e. The second-order valence-corrected chi connectivity index (χ2v) is 5.82. The SMILES string of the molecule is O=C(Nc1ccccc1)C1Cc2c(-c3cccc(F)c3)ccnc2O1. The highest BCUT2D eigenvalue weighted by Crippen LogP contribution is 2.35. The van der Waals surface area contributed by atoms with Gasteiger partial charge in [-0.05, 0) is 41.5 Å². The van der Waals surface area contributed by atoms with Gasteiger partial charge in [-0.1, -0.05) is 30.3 Å². The molecule has 3 aromatic rings. The van der Waals surface area contributed by atoms with Gasteiger partial charge in [0, 0.05) is 23.9 Å². The predicted octanol–water partition coefficient (Wildman–Crippen LogP) is 3.83. The fraction of sp³-hybridized carbons (Fsp3) is 0.100. The Balaban J connectivity index is 1.58. The van der Waals surface area contributed by atoms with Crippen molar-refractivity contribution in [1.29, 1.82) is 0 Å². The Morgan fingerprint density at radius 2 is 1.96 bits per heavy atom. The maximum absolute atomic E-state index is 13.5. The number of carbonyl (C=O) groups is 1. The molecule has 2 aromatic carbocycles. The lowest BCUT2D eigenvalue weighted by Crippen LogP contribution is -2.31. The van der Waals surface area contributed by atoms with Crippen molar-refractivity contribution in [1.82, 2.24) is 4.98 Å². The van der Waals surface area contributed by atoms with Crippen LogP contribution in [0.5, 0.6) is 5.88 Å². The van der Waals surface area contributed by atoms with E-state index in [1.54, 1.807) is 12.3 Å². The summed E-state index contributed by atoms with van der Waals surface area (Å²) in [5.74, 6) is -0.107. The van der Waals surface area contributed by atoms with Gasteiger partial charge in [-0.15, -0.1) is 0 Å². The van der Waals surface area contributed by atoms with E-state index in [0.29, 0.717) is 18.0 Å². The zero-order chi connectivity index (χ0) is 17.2. The van der Waals surface area contributed by atoms with Crippen molar-refractivity contribution in [3.8, 4) is 17.0 Å². The Labute approximate surface area is 144 Å². The number of ether oxygens (including phenoxy) is 1. The summed E-state index contributed by atoms with van der Waals surface area (Å²) in [4.78, 5) is 16.7. The van der Waals surface area contributed by atoms with Crippen molar-refractivity contribution in [2.24, 2.45) is 0 Å². The number of para-hydroxylation sites is 1. The third-order valence-electron chi connectivity index (χ3n) is 4.13. The van der Waals surface area contributed by atoms with Gasteiger partial charge < -0.3 is 10.1 Å². The lowest BCUT2D eigenvalue weighted by Gasteiger charge is -2.10. The minimum Gasteiger partial charge on any atom is -0.464 e. The van der Waals surface area contributed by atoms with Crippen molar-refractivity contribution in [2.45, 2.75) is 12.5 Å². The molecule has 1 atom stereocenters. The summed E-state index contributed by atoms with van der Waals surface area (Å²) in [6, 6.07) is 17.4. The zero-order valence-corrected chi connectivity index (χ0v) is 13.3. The van der Waals surface area contributed by atoms with Crippen LogP contribution in [-0.4, -0.2) is 17.0 Å². The molecule has 1 amide bonds. The summed E-state index contributed by atoms with van der Waals surface area (Å²) in [6.45, 7) is 0. The molecule has 4 rings (SSSR count). The number of nitrogens with one attached hydrogen (secondary N) is 1. The van der Waals surface area contributed by atoms with Gasteiger partial charge in [0.05, 0.1) is 0 Å². The van der Waals surface area contributed by atoms with Gasteiger partial charge in [-0.25, -0.2) is 9.37 Å². The Hall–Kier alpha value is -3.21. The average Bonchev–Trinajstić information content (AvgIpc) is 3.07.